The molecule has 2 aliphatic rings. The number of rotatable bonds is 8. The van der Waals surface area contributed by atoms with Gasteiger partial charge < -0.3 is 14.7 Å². The number of hydrogen-bond acceptors (Lipinski definition) is 6. The molecule has 9 heteroatoms. The summed E-state index contributed by atoms with van der Waals surface area (Å²) in [5.74, 6) is -0.221. The number of ether oxygens (including phenoxy) is 1. The SMILES string of the molecule is O=C(Cc1cc2c(cn1)C(OCC(F)F)=NC2)C[C@H]1CN(C(=O)CO)C[C@@H]1c1ccccc1. The van der Waals surface area contributed by atoms with Crippen molar-refractivity contribution in [2.75, 3.05) is 26.3 Å². The highest BCUT2D eigenvalue weighted by Gasteiger charge is 2.37. The Morgan fingerprint density at radius 2 is 2.00 bits per heavy atom. The molecule has 0 aliphatic carbocycles. The van der Waals surface area contributed by atoms with Gasteiger partial charge in [-0.1, -0.05) is 30.3 Å². The number of pyridine rings is 1. The molecule has 33 heavy (non-hydrogen) atoms. The summed E-state index contributed by atoms with van der Waals surface area (Å²) >= 11 is 0. The molecule has 1 saturated heterocycles. The fraction of sp³-hybridized carbons (Fsp3) is 0.417. The molecule has 4 rings (SSSR count). The van der Waals surface area contributed by atoms with Crippen LogP contribution in [0, 0.1) is 5.92 Å². The van der Waals surface area contributed by atoms with Crippen molar-refractivity contribution in [3.8, 4) is 0 Å². The van der Waals surface area contributed by atoms with Crippen LogP contribution in [0.2, 0.25) is 0 Å². The lowest BCUT2D eigenvalue weighted by atomic mass is 9.85. The molecule has 2 atom stereocenters. The number of carbonyl (C=O) groups is 2. The molecule has 0 radical (unpaired) electrons. The van der Waals surface area contributed by atoms with E-state index in [2.05, 4.69) is 9.98 Å². The highest BCUT2D eigenvalue weighted by Crippen LogP contribution is 2.35. The summed E-state index contributed by atoms with van der Waals surface area (Å²) < 4.78 is 29.8. The van der Waals surface area contributed by atoms with Crippen LogP contribution in [-0.4, -0.2) is 65.3 Å². The number of alkyl halides is 2. The zero-order valence-electron chi connectivity index (χ0n) is 18.0. The number of hydrogen-bond donors (Lipinski definition) is 1. The van der Waals surface area contributed by atoms with Gasteiger partial charge in [0.05, 0.1) is 12.1 Å². The molecular weight excluding hydrogens is 432 g/mol. The Labute approximate surface area is 190 Å². The maximum Gasteiger partial charge on any atom is 0.272 e. The number of halogens is 2. The quantitative estimate of drug-likeness (QED) is 0.657. The van der Waals surface area contributed by atoms with Crippen LogP contribution in [0.5, 0.6) is 0 Å². The monoisotopic (exact) mass is 457 g/mol. The van der Waals surface area contributed by atoms with Crippen molar-refractivity contribution in [3.63, 3.8) is 0 Å². The highest BCUT2D eigenvalue weighted by molar-refractivity contribution is 5.97. The largest absolute Gasteiger partial charge is 0.471 e. The van der Waals surface area contributed by atoms with E-state index in [9.17, 15) is 23.5 Å². The fourth-order valence-electron chi connectivity index (χ4n) is 4.50. The van der Waals surface area contributed by atoms with Gasteiger partial charge in [-0.2, -0.15) is 0 Å². The predicted octanol–water partition coefficient (Wildman–Crippen LogP) is 2.36. The second-order valence-electron chi connectivity index (χ2n) is 8.31. The second kappa shape index (κ2) is 10.2. The maximum atomic E-state index is 12.9. The molecule has 3 heterocycles. The van der Waals surface area contributed by atoms with E-state index in [-0.39, 0.29) is 42.3 Å². The molecule has 1 fully saturated rings. The van der Waals surface area contributed by atoms with Crippen LogP contribution in [0.15, 0.2) is 47.6 Å². The number of amides is 1. The summed E-state index contributed by atoms with van der Waals surface area (Å²) in [6, 6.07) is 11.5. The number of Topliss-reactive ketones (excluding diaryl/α,β-unsaturated/α-hetero) is 1. The normalized spacial score (nSPS) is 19.5. The molecule has 0 spiro atoms. The third-order valence-electron chi connectivity index (χ3n) is 6.04. The first-order valence-corrected chi connectivity index (χ1v) is 10.8. The molecular formula is C24H25F2N3O4. The minimum absolute atomic E-state index is 0.000215. The average molecular weight is 457 g/mol. The highest BCUT2D eigenvalue weighted by atomic mass is 19.3. The number of nitrogens with zero attached hydrogens (tertiary/aromatic N) is 3. The van der Waals surface area contributed by atoms with Crippen molar-refractivity contribution < 1.29 is 28.2 Å². The van der Waals surface area contributed by atoms with Crippen molar-refractivity contribution in [1.29, 1.82) is 0 Å². The Kier molecular flexibility index (Phi) is 7.08. The number of aromatic nitrogens is 1. The molecule has 0 bridgehead atoms. The Balaban J connectivity index is 1.41. The number of likely N-dealkylation sites (tertiary alicyclic amines) is 1. The summed E-state index contributed by atoms with van der Waals surface area (Å²) in [6.45, 7) is -0.0860. The molecule has 0 unspecified atom stereocenters. The lowest BCUT2D eigenvalue weighted by Gasteiger charge is -2.17. The standard InChI is InChI=1S/C24H25F2N3O4/c25-22(26)14-33-24-20-10-27-18(6-16(20)9-28-24)8-19(31)7-17-11-29(23(32)13-30)12-21(17)15-4-2-1-3-5-15/h1-6,10,17,21-22,30H,7-9,11-14H2/t17-,21+/m0/s1. The van der Waals surface area contributed by atoms with Crippen molar-refractivity contribution in [2.24, 2.45) is 10.9 Å². The first-order chi connectivity index (χ1) is 15.9. The number of fused-ring (bicyclic) bond motifs is 1. The zero-order chi connectivity index (χ0) is 23.4. The molecule has 1 aromatic carbocycles. The van der Waals surface area contributed by atoms with Gasteiger partial charge in [-0.3, -0.25) is 14.6 Å². The van der Waals surface area contributed by atoms with E-state index >= 15 is 0 Å². The third kappa shape index (κ3) is 5.42. The van der Waals surface area contributed by atoms with Crippen LogP contribution in [0.3, 0.4) is 0 Å². The molecule has 1 N–H and O–H groups in total. The van der Waals surface area contributed by atoms with Crippen LogP contribution in [-0.2, 0) is 27.3 Å². The zero-order valence-corrected chi connectivity index (χ0v) is 18.0. The van der Waals surface area contributed by atoms with E-state index < -0.39 is 19.6 Å². The van der Waals surface area contributed by atoms with E-state index in [1.807, 2.05) is 30.3 Å². The number of aliphatic hydroxyl groups is 1. The van der Waals surface area contributed by atoms with E-state index in [1.165, 1.54) is 6.20 Å². The molecule has 2 aliphatic heterocycles. The average Bonchev–Trinajstić information content (AvgIpc) is 3.41. The van der Waals surface area contributed by atoms with Crippen molar-refractivity contribution in [3.05, 3.63) is 65.0 Å². The number of ketones is 1. The van der Waals surface area contributed by atoms with Crippen LogP contribution < -0.4 is 0 Å². The topological polar surface area (TPSA) is 92.1 Å². The van der Waals surface area contributed by atoms with Gasteiger partial charge in [-0.15, -0.1) is 0 Å². The summed E-state index contributed by atoms with van der Waals surface area (Å²) in [5.41, 5.74) is 3.01. The summed E-state index contributed by atoms with van der Waals surface area (Å²) in [4.78, 5) is 35.0. The number of carbonyl (C=O) groups excluding carboxylic acids is 2. The van der Waals surface area contributed by atoms with Gasteiger partial charge in [0.1, 0.15) is 12.4 Å². The fourth-order valence-corrected chi connectivity index (χ4v) is 4.50. The number of benzene rings is 1. The second-order valence-corrected chi connectivity index (χ2v) is 8.31. The molecule has 1 aromatic heterocycles. The lowest BCUT2D eigenvalue weighted by Crippen LogP contribution is -2.31. The predicted molar refractivity (Wildman–Crippen MR) is 116 cm³/mol. The van der Waals surface area contributed by atoms with Crippen LogP contribution in [0.25, 0.3) is 0 Å². The number of aliphatic imine (C=N–C) groups is 1. The first kappa shape index (κ1) is 23.0. The van der Waals surface area contributed by atoms with Crippen LogP contribution >= 0.6 is 0 Å². The van der Waals surface area contributed by atoms with Crippen molar-refractivity contribution >= 4 is 17.6 Å². The Morgan fingerprint density at radius 3 is 2.73 bits per heavy atom. The van der Waals surface area contributed by atoms with Crippen molar-refractivity contribution in [1.82, 2.24) is 9.88 Å². The Morgan fingerprint density at radius 1 is 1.21 bits per heavy atom. The lowest BCUT2D eigenvalue weighted by molar-refractivity contribution is -0.133. The molecule has 1 amide bonds. The Bertz CT molecular complexity index is 1050. The van der Waals surface area contributed by atoms with E-state index in [1.54, 1.807) is 11.0 Å². The first-order valence-electron chi connectivity index (χ1n) is 10.8. The molecule has 174 valence electrons. The van der Waals surface area contributed by atoms with Gasteiger partial charge in [-0.25, -0.2) is 13.8 Å². The smallest absolute Gasteiger partial charge is 0.272 e. The van der Waals surface area contributed by atoms with E-state index in [0.717, 1.165) is 11.1 Å². The number of aliphatic hydroxyl groups excluding tert-OH is 1. The summed E-state index contributed by atoms with van der Waals surface area (Å²) in [5, 5.41) is 9.25. The van der Waals surface area contributed by atoms with Gasteiger partial charge in [0.2, 0.25) is 11.8 Å². The minimum Gasteiger partial charge on any atom is -0.471 e. The van der Waals surface area contributed by atoms with E-state index in [4.69, 9.17) is 4.74 Å². The maximum absolute atomic E-state index is 12.9. The molecule has 2 aromatic rings. The van der Waals surface area contributed by atoms with Gasteiger partial charge in [0.15, 0.2) is 6.61 Å². The third-order valence-corrected chi connectivity index (χ3v) is 6.04. The van der Waals surface area contributed by atoms with Gasteiger partial charge in [-0.05, 0) is 23.1 Å². The molecule has 7 nitrogen and oxygen atoms in total. The minimum atomic E-state index is -2.58. The summed E-state index contributed by atoms with van der Waals surface area (Å²) in [7, 11) is 0. The van der Waals surface area contributed by atoms with Gasteiger partial charge in [0.25, 0.3) is 6.43 Å². The van der Waals surface area contributed by atoms with E-state index in [0.29, 0.717) is 30.9 Å². The van der Waals surface area contributed by atoms with Crippen molar-refractivity contribution in [2.45, 2.75) is 31.7 Å². The Hall–Kier alpha value is -3.20. The van der Waals surface area contributed by atoms with Gasteiger partial charge >= 0.3 is 0 Å². The summed E-state index contributed by atoms with van der Waals surface area (Å²) in [6.07, 6.45) is -0.654. The van der Waals surface area contributed by atoms with Crippen LogP contribution in [0.1, 0.15) is 34.7 Å². The van der Waals surface area contributed by atoms with Crippen LogP contribution in [0.4, 0.5) is 8.78 Å². The van der Waals surface area contributed by atoms with Gasteiger partial charge in [0, 0.05) is 43.7 Å². The molecule has 0 saturated carbocycles.